The van der Waals surface area contributed by atoms with Crippen LogP contribution in [-0.4, -0.2) is 70.3 Å². The first-order valence-corrected chi connectivity index (χ1v) is 10.6. The maximum atomic E-state index is 12.7. The lowest BCUT2D eigenvalue weighted by Crippen LogP contribution is -2.53. The highest BCUT2D eigenvalue weighted by molar-refractivity contribution is 6.32. The molecule has 1 saturated heterocycles. The summed E-state index contributed by atoms with van der Waals surface area (Å²) < 4.78 is 15.3. The molecule has 32 heavy (non-hydrogen) atoms. The Labute approximate surface area is 193 Å². The van der Waals surface area contributed by atoms with Crippen molar-refractivity contribution in [3.05, 3.63) is 47.0 Å². The minimum atomic E-state index is -0.351. The van der Waals surface area contributed by atoms with Crippen molar-refractivity contribution in [1.82, 2.24) is 4.90 Å². The molecule has 0 aromatic heterocycles. The molecular formula is C23H28ClN3O5. The van der Waals surface area contributed by atoms with Gasteiger partial charge in [0.1, 0.15) is 11.5 Å². The molecule has 9 heteroatoms. The van der Waals surface area contributed by atoms with E-state index >= 15 is 0 Å². The fraction of sp³-hybridized carbons (Fsp3) is 0.391. The summed E-state index contributed by atoms with van der Waals surface area (Å²) in [7, 11) is 4.41. The topological polar surface area (TPSA) is 80.3 Å². The fourth-order valence-corrected chi connectivity index (χ4v) is 3.96. The predicted molar refractivity (Wildman–Crippen MR) is 124 cm³/mol. The molecule has 1 fully saturated rings. The molecular weight excluding hydrogens is 434 g/mol. The molecule has 0 saturated carbocycles. The number of esters is 1. The average Bonchev–Trinajstić information content (AvgIpc) is 2.80. The first-order chi connectivity index (χ1) is 15.4. The molecule has 2 aromatic carbocycles. The van der Waals surface area contributed by atoms with Gasteiger partial charge in [-0.05, 0) is 37.3 Å². The summed E-state index contributed by atoms with van der Waals surface area (Å²) in [4.78, 5) is 28.7. The molecule has 1 atom stereocenters. The number of rotatable bonds is 7. The molecule has 172 valence electrons. The zero-order valence-electron chi connectivity index (χ0n) is 18.7. The van der Waals surface area contributed by atoms with Crippen LogP contribution < -0.4 is 19.7 Å². The van der Waals surface area contributed by atoms with E-state index in [1.54, 1.807) is 24.3 Å². The summed E-state index contributed by atoms with van der Waals surface area (Å²) in [5, 5.41) is 3.28. The van der Waals surface area contributed by atoms with Crippen LogP contribution in [0.3, 0.4) is 0 Å². The third kappa shape index (κ3) is 5.44. The van der Waals surface area contributed by atoms with E-state index in [0.29, 0.717) is 27.8 Å². The smallest absolute Gasteiger partial charge is 0.337 e. The van der Waals surface area contributed by atoms with E-state index in [1.807, 2.05) is 12.1 Å². The number of carbonyl (C=O) groups is 2. The second kappa shape index (κ2) is 10.6. The van der Waals surface area contributed by atoms with Crippen LogP contribution in [0, 0.1) is 0 Å². The van der Waals surface area contributed by atoms with E-state index in [2.05, 4.69) is 22.0 Å². The van der Waals surface area contributed by atoms with Crippen LogP contribution in [0.15, 0.2) is 36.4 Å². The van der Waals surface area contributed by atoms with Crippen molar-refractivity contribution in [3.63, 3.8) is 0 Å². The number of halogens is 1. The molecule has 1 unspecified atom stereocenters. The first-order valence-electron chi connectivity index (χ1n) is 10.2. The number of methoxy groups -OCH3 is 3. The molecule has 1 heterocycles. The van der Waals surface area contributed by atoms with Crippen LogP contribution in [0.1, 0.15) is 17.3 Å². The van der Waals surface area contributed by atoms with E-state index in [1.165, 1.54) is 21.3 Å². The highest BCUT2D eigenvalue weighted by Crippen LogP contribution is 2.35. The Balaban J connectivity index is 1.59. The van der Waals surface area contributed by atoms with Crippen molar-refractivity contribution in [2.75, 3.05) is 57.7 Å². The summed E-state index contributed by atoms with van der Waals surface area (Å²) in [6.07, 6.45) is 0. The molecule has 2 aromatic rings. The summed E-state index contributed by atoms with van der Waals surface area (Å²) in [5.41, 5.74) is 2.06. The third-order valence-corrected chi connectivity index (χ3v) is 5.81. The van der Waals surface area contributed by atoms with Crippen molar-refractivity contribution in [2.24, 2.45) is 0 Å². The lowest BCUT2D eigenvalue weighted by atomic mass is 10.1. The van der Waals surface area contributed by atoms with Gasteiger partial charge in [-0.25, -0.2) is 4.79 Å². The Morgan fingerprint density at radius 1 is 1.06 bits per heavy atom. The number of hydrogen-bond donors (Lipinski definition) is 1. The molecule has 1 aliphatic rings. The Morgan fingerprint density at radius 2 is 1.75 bits per heavy atom. The summed E-state index contributed by atoms with van der Waals surface area (Å²) >= 11 is 6.19. The number of nitrogens with one attached hydrogen (secondary N) is 1. The van der Waals surface area contributed by atoms with Crippen molar-refractivity contribution < 1.29 is 23.8 Å². The number of anilines is 2. The number of piperazine rings is 1. The van der Waals surface area contributed by atoms with Crippen LogP contribution in [0.2, 0.25) is 5.02 Å². The van der Waals surface area contributed by atoms with E-state index < -0.39 is 0 Å². The Morgan fingerprint density at radius 3 is 2.34 bits per heavy atom. The zero-order valence-corrected chi connectivity index (χ0v) is 19.4. The summed E-state index contributed by atoms with van der Waals surface area (Å²) in [6.45, 7) is 4.61. The molecule has 8 nitrogen and oxygen atoms in total. The Kier molecular flexibility index (Phi) is 7.82. The molecule has 0 aliphatic carbocycles. The maximum Gasteiger partial charge on any atom is 0.337 e. The highest BCUT2D eigenvalue weighted by atomic mass is 35.5. The number of amides is 1. The van der Waals surface area contributed by atoms with Crippen molar-refractivity contribution >= 4 is 34.9 Å². The van der Waals surface area contributed by atoms with Crippen molar-refractivity contribution in [3.8, 4) is 11.5 Å². The second-order valence-corrected chi connectivity index (χ2v) is 7.95. The van der Waals surface area contributed by atoms with E-state index in [0.717, 1.165) is 25.3 Å². The van der Waals surface area contributed by atoms with Gasteiger partial charge in [0.25, 0.3) is 0 Å². The maximum absolute atomic E-state index is 12.7. The third-order valence-electron chi connectivity index (χ3n) is 5.51. The molecule has 1 aliphatic heterocycles. The number of nitrogens with zero attached hydrogens (tertiary/aromatic N) is 2. The predicted octanol–water partition coefficient (Wildman–Crippen LogP) is 3.29. The normalized spacial score (nSPS) is 16.4. The minimum absolute atomic E-state index is 0.146. The van der Waals surface area contributed by atoms with E-state index in [9.17, 15) is 9.59 Å². The Bertz CT molecular complexity index is 967. The van der Waals surface area contributed by atoms with Crippen molar-refractivity contribution in [2.45, 2.75) is 13.0 Å². The van der Waals surface area contributed by atoms with Gasteiger partial charge in [-0.1, -0.05) is 11.6 Å². The highest BCUT2D eigenvalue weighted by Gasteiger charge is 2.26. The molecule has 3 rings (SSSR count). The number of benzene rings is 2. The summed E-state index contributed by atoms with van der Waals surface area (Å²) in [6, 6.07) is 10.8. The van der Waals surface area contributed by atoms with Gasteiger partial charge in [-0.3, -0.25) is 9.69 Å². The van der Waals surface area contributed by atoms with Gasteiger partial charge in [0.15, 0.2) is 0 Å². The molecule has 0 spiro atoms. The van der Waals surface area contributed by atoms with Gasteiger partial charge in [0, 0.05) is 37.4 Å². The van der Waals surface area contributed by atoms with Gasteiger partial charge in [-0.2, -0.15) is 0 Å². The average molecular weight is 462 g/mol. The quantitative estimate of drug-likeness (QED) is 0.633. The SMILES string of the molecule is COC(=O)c1ccc(N2CCN(CC(=O)Nc3cc(Cl)c(OC)cc3OC)C(C)C2)cc1. The van der Waals surface area contributed by atoms with Gasteiger partial charge in [0.2, 0.25) is 5.91 Å². The van der Waals surface area contributed by atoms with Crippen molar-refractivity contribution in [1.29, 1.82) is 0 Å². The number of ether oxygens (including phenoxy) is 3. The summed E-state index contributed by atoms with van der Waals surface area (Å²) in [5.74, 6) is 0.460. The second-order valence-electron chi connectivity index (χ2n) is 7.54. The zero-order chi connectivity index (χ0) is 23.3. The van der Waals surface area contributed by atoms with Crippen LogP contribution in [-0.2, 0) is 9.53 Å². The lowest BCUT2D eigenvalue weighted by molar-refractivity contribution is -0.117. The van der Waals surface area contributed by atoms with E-state index in [-0.39, 0.29) is 24.5 Å². The van der Waals surface area contributed by atoms with Gasteiger partial charge < -0.3 is 24.4 Å². The molecule has 0 bridgehead atoms. The minimum Gasteiger partial charge on any atom is -0.495 e. The first kappa shape index (κ1) is 23.7. The largest absolute Gasteiger partial charge is 0.495 e. The van der Waals surface area contributed by atoms with Crippen LogP contribution >= 0.6 is 11.6 Å². The van der Waals surface area contributed by atoms with Gasteiger partial charge in [-0.15, -0.1) is 0 Å². The number of hydrogen-bond acceptors (Lipinski definition) is 7. The van der Waals surface area contributed by atoms with Gasteiger partial charge in [0.05, 0.1) is 44.1 Å². The van der Waals surface area contributed by atoms with Gasteiger partial charge >= 0.3 is 5.97 Å². The standard InChI is InChI=1S/C23H28ClN3O5/c1-15-13-27(17-7-5-16(6-8-17)23(29)32-4)10-9-26(15)14-22(28)25-19-11-18(24)20(30-2)12-21(19)31-3/h5-8,11-12,15H,9-10,13-14H2,1-4H3,(H,25,28). The lowest BCUT2D eigenvalue weighted by Gasteiger charge is -2.40. The van der Waals surface area contributed by atoms with Crippen LogP contribution in [0.5, 0.6) is 11.5 Å². The number of carbonyl (C=O) groups excluding carboxylic acids is 2. The monoisotopic (exact) mass is 461 g/mol. The molecule has 0 radical (unpaired) electrons. The van der Waals surface area contributed by atoms with Crippen LogP contribution in [0.25, 0.3) is 0 Å². The Hall–Kier alpha value is -2.97. The molecule has 1 amide bonds. The molecule has 1 N–H and O–H groups in total. The van der Waals surface area contributed by atoms with Crippen LogP contribution in [0.4, 0.5) is 11.4 Å². The fourth-order valence-electron chi connectivity index (χ4n) is 3.72. The van der Waals surface area contributed by atoms with E-state index in [4.69, 9.17) is 25.8 Å².